The zero-order valence-electron chi connectivity index (χ0n) is 17.2. The van der Waals surface area contributed by atoms with Crippen molar-refractivity contribution in [1.29, 1.82) is 0 Å². The molecule has 0 unspecified atom stereocenters. The fourth-order valence-corrected chi connectivity index (χ4v) is 4.41. The van der Waals surface area contributed by atoms with E-state index in [2.05, 4.69) is 46.0 Å². The zero-order chi connectivity index (χ0) is 20.5. The molecule has 3 rings (SSSR count). The lowest BCUT2D eigenvalue weighted by molar-refractivity contribution is 0.0514. The molecule has 6 heteroatoms. The minimum Gasteiger partial charge on any atom is -0.381 e. The number of halogens is 1. The predicted molar refractivity (Wildman–Crippen MR) is 120 cm³/mol. The molecule has 1 saturated heterocycles. The fourth-order valence-electron chi connectivity index (χ4n) is 3.83. The molecular formula is C23H30FN3OS. The Bertz CT molecular complexity index is 807. The maximum absolute atomic E-state index is 13.6. The predicted octanol–water partition coefficient (Wildman–Crippen LogP) is 4.10. The molecule has 156 valence electrons. The monoisotopic (exact) mass is 415 g/mol. The van der Waals surface area contributed by atoms with Crippen molar-refractivity contribution in [1.82, 2.24) is 10.6 Å². The Morgan fingerprint density at radius 3 is 2.55 bits per heavy atom. The topological polar surface area (TPSA) is 45.7 Å². The molecule has 0 aromatic heterocycles. The Balaban J connectivity index is 1.65. The number of rotatable bonds is 7. The molecule has 1 fully saturated rings. The number of nitrogens with zero attached hydrogens (tertiary/aromatic N) is 1. The average Bonchev–Trinajstić information content (AvgIpc) is 2.76. The molecule has 1 aliphatic rings. The van der Waals surface area contributed by atoms with E-state index in [9.17, 15) is 4.39 Å². The Kier molecular flexibility index (Phi) is 7.95. The van der Waals surface area contributed by atoms with Gasteiger partial charge in [-0.1, -0.05) is 36.4 Å². The summed E-state index contributed by atoms with van der Waals surface area (Å²) in [5.74, 6) is 1.36. The summed E-state index contributed by atoms with van der Waals surface area (Å²) in [5.41, 5.74) is 3.49. The first kappa shape index (κ1) is 21.7. The molecule has 0 saturated carbocycles. The lowest BCUT2D eigenvalue weighted by Crippen LogP contribution is -2.48. The molecule has 1 aliphatic heterocycles. The quantitative estimate of drug-likeness (QED) is 0.528. The van der Waals surface area contributed by atoms with E-state index in [1.165, 1.54) is 11.6 Å². The largest absolute Gasteiger partial charge is 0.381 e. The molecular weight excluding hydrogens is 385 g/mol. The number of ether oxygens (including phenoxy) is 1. The van der Waals surface area contributed by atoms with E-state index in [4.69, 9.17) is 4.74 Å². The van der Waals surface area contributed by atoms with Gasteiger partial charge in [-0.25, -0.2) is 4.39 Å². The van der Waals surface area contributed by atoms with Gasteiger partial charge < -0.3 is 15.4 Å². The van der Waals surface area contributed by atoms with Gasteiger partial charge in [0.1, 0.15) is 5.82 Å². The van der Waals surface area contributed by atoms with Crippen LogP contribution in [0.1, 0.15) is 29.5 Å². The molecule has 0 bridgehead atoms. The van der Waals surface area contributed by atoms with Crippen LogP contribution in [-0.2, 0) is 22.4 Å². The summed E-state index contributed by atoms with van der Waals surface area (Å²) in [7, 11) is 1.78. The molecule has 0 radical (unpaired) electrons. The second-order valence-corrected chi connectivity index (χ2v) is 8.25. The van der Waals surface area contributed by atoms with Gasteiger partial charge in [-0.15, -0.1) is 0 Å². The fraction of sp³-hybridized carbons (Fsp3) is 0.435. The van der Waals surface area contributed by atoms with E-state index in [0.717, 1.165) is 55.4 Å². The number of hydrogen-bond acceptors (Lipinski definition) is 3. The first-order valence-electron chi connectivity index (χ1n) is 10.0. The van der Waals surface area contributed by atoms with Crippen LogP contribution in [0.4, 0.5) is 4.39 Å². The highest BCUT2D eigenvalue weighted by Crippen LogP contribution is 2.34. The molecule has 2 aromatic rings. The molecule has 1 heterocycles. The second kappa shape index (κ2) is 10.6. The minimum absolute atomic E-state index is 0.0387. The third kappa shape index (κ3) is 5.73. The third-order valence-electron chi connectivity index (χ3n) is 5.57. The Morgan fingerprint density at radius 1 is 1.10 bits per heavy atom. The Morgan fingerprint density at radius 2 is 1.86 bits per heavy atom. The number of hydrogen-bond donors (Lipinski definition) is 2. The molecule has 0 amide bonds. The van der Waals surface area contributed by atoms with Crippen LogP contribution < -0.4 is 10.6 Å². The van der Waals surface area contributed by atoms with Crippen LogP contribution in [0.5, 0.6) is 0 Å². The van der Waals surface area contributed by atoms with Crippen molar-refractivity contribution >= 4 is 17.7 Å². The van der Waals surface area contributed by atoms with Gasteiger partial charge >= 0.3 is 0 Å². The smallest absolute Gasteiger partial charge is 0.191 e. The summed E-state index contributed by atoms with van der Waals surface area (Å²) in [6, 6.07) is 15.7. The average molecular weight is 416 g/mol. The van der Waals surface area contributed by atoms with Crippen molar-refractivity contribution in [2.24, 2.45) is 4.99 Å². The molecule has 4 nitrogen and oxygen atoms in total. The number of nitrogens with one attached hydrogen (secondary N) is 2. The Labute approximate surface area is 177 Å². The SMILES string of the molecule is CN=C(NCc1ccc(F)cc1CSC)NCC1(c2ccccc2)CCOCC1. The summed E-state index contributed by atoms with van der Waals surface area (Å²) in [4.78, 5) is 4.39. The summed E-state index contributed by atoms with van der Waals surface area (Å²) in [6.45, 7) is 2.95. The Hall–Kier alpha value is -2.05. The number of benzene rings is 2. The second-order valence-electron chi connectivity index (χ2n) is 7.38. The first-order chi connectivity index (χ1) is 14.2. The highest BCUT2D eigenvalue weighted by atomic mass is 32.2. The third-order valence-corrected chi connectivity index (χ3v) is 6.17. The maximum atomic E-state index is 13.6. The van der Waals surface area contributed by atoms with Crippen molar-refractivity contribution in [2.75, 3.05) is 33.1 Å². The van der Waals surface area contributed by atoms with Gasteiger partial charge in [-0.3, -0.25) is 4.99 Å². The zero-order valence-corrected chi connectivity index (χ0v) is 18.0. The van der Waals surface area contributed by atoms with Gasteiger partial charge in [0.2, 0.25) is 0 Å². The lowest BCUT2D eigenvalue weighted by Gasteiger charge is -2.38. The van der Waals surface area contributed by atoms with Gasteiger partial charge in [0.15, 0.2) is 5.96 Å². The van der Waals surface area contributed by atoms with Crippen LogP contribution in [0.3, 0.4) is 0 Å². The van der Waals surface area contributed by atoms with Crippen molar-refractivity contribution in [2.45, 2.75) is 30.6 Å². The number of aliphatic imine (C=N–C) groups is 1. The van der Waals surface area contributed by atoms with Crippen molar-refractivity contribution < 1.29 is 9.13 Å². The van der Waals surface area contributed by atoms with E-state index in [1.54, 1.807) is 24.9 Å². The molecule has 2 N–H and O–H groups in total. The summed E-state index contributed by atoms with van der Waals surface area (Å²) in [6.07, 6.45) is 3.99. The van der Waals surface area contributed by atoms with Gasteiger partial charge in [0, 0.05) is 44.5 Å². The minimum atomic E-state index is -0.190. The van der Waals surface area contributed by atoms with E-state index in [0.29, 0.717) is 6.54 Å². The molecule has 0 atom stereocenters. The van der Waals surface area contributed by atoms with Crippen LogP contribution >= 0.6 is 11.8 Å². The van der Waals surface area contributed by atoms with Gasteiger partial charge in [-0.05, 0) is 47.9 Å². The standard InChI is InChI=1S/C23H30FN3OS/c1-25-22(26-15-18-8-9-21(24)14-19(18)16-29-2)27-17-23(10-12-28-13-11-23)20-6-4-3-5-7-20/h3-9,14H,10-13,15-17H2,1-2H3,(H2,25,26,27). The van der Waals surface area contributed by atoms with Crippen molar-refractivity contribution in [3.8, 4) is 0 Å². The highest BCUT2D eigenvalue weighted by molar-refractivity contribution is 7.97. The van der Waals surface area contributed by atoms with Crippen LogP contribution in [-0.4, -0.2) is 39.0 Å². The summed E-state index contributed by atoms with van der Waals surface area (Å²) in [5, 5.41) is 6.90. The molecule has 29 heavy (non-hydrogen) atoms. The highest BCUT2D eigenvalue weighted by Gasteiger charge is 2.34. The molecule has 2 aromatic carbocycles. The van der Waals surface area contributed by atoms with Crippen molar-refractivity contribution in [3.63, 3.8) is 0 Å². The normalized spacial score (nSPS) is 16.4. The van der Waals surface area contributed by atoms with Crippen molar-refractivity contribution in [3.05, 3.63) is 71.0 Å². The number of thioether (sulfide) groups is 1. The van der Waals surface area contributed by atoms with E-state index in [-0.39, 0.29) is 11.2 Å². The molecule has 0 spiro atoms. The maximum Gasteiger partial charge on any atom is 0.191 e. The van der Waals surface area contributed by atoms with Gasteiger partial charge in [-0.2, -0.15) is 11.8 Å². The number of guanidine groups is 1. The van der Waals surface area contributed by atoms with E-state index >= 15 is 0 Å². The first-order valence-corrected chi connectivity index (χ1v) is 11.4. The molecule has 0 aliphatic carbocycles. The van der Waals surface area contributed by atoms with Gasteiger partial charge in [0.25, 0.3) is 0 Å². The van der Waals surface area contributed by atoms with Crippen LogP contribution in [0.15, 0.2) is 53.5 Å². The van der Waals surface area contributed by atoms with Crippen LogP contribution in [0, 0.1) is 5.82 Å². The van der Waals surface area contributed by atoms with E-state index < -0.39 is 0 Å². The van der Waals surface area contributed by atoms with Crippen LogP contribution in [0.2, 0.25) is 0 Å². The van der Waals surface area contributed by atoms with Gasteiger partial charge in [0.05, 0.1) is 0 Å². The summed E-state index contributed by atoms with van der Waals surface area (Å²) >= 11 is 1.69. The van der Waals surface area contributed by atoms with Crippen LogP contribution in [0.25, 0.3) is 0 Å². The summed E-state index contributed by atoms with van der Waals surface area (Å²) < 4.78 is 19.2. The van der Waals surface area contributed by atoms with E-state index in [1.807, 2.05) is 12.3 Å². The lowest BCUT2D eigenvalue weighted by atomic mass is 9.74.